The fraction of sp³-hybridized carbons (Fsp3) is 0.500. The van der Waals surface area contributed by atoms with Gasteiger partial charge in [-0.1, -0.05) is 35.5 Å². The molecule has 8 nitrogen and oxygen atoms in total. The van der Waals surface area contributed by atoms with Crippen LogP contribution in [0.4, 0.5) is 9.18 Å². The lowest BCUT2D eigenvalue weighted by molar-refractivity contribution is 0.0938. The summed E-state index contributed by atoms with van der Waals surface area (Å²) in [4.78, 5) is 26.1. The van der Waals surface area contributed by atoms with Gasteiger partial charge in [0.25, 0.3) is 5.91 Å². The van der Waals surface area contributed by atoms with E-state index < -0.39 is 6.17 Å². The molecule has 0 unspecified atom stereocenters. The number of benzene rings is 1. The van der Waals surface area contributed by atoms with Crippen LogP contribution in [-0.4, -0.2) is 63.2 Å². The van der Waals surface area contributed by atoms with E-state index in [1.165, 1.54) is 15.8 Å². The minimum Gasteiger partial charge on any atom is -0.348 e. The molecule has 0 radical (unpaired) electrons. The van der Waals surface area contributed by atoms with Crippen LogP contribution in [-0.2, 0) is 13.0 Å². The van der Waals surface area contributed by atoms with Crippen molar-refractivity contribution in [2.75, 3.05) is 13.1 Å². The Morgan fingerprint density at radius 3 is 2.76 bits per heavy atom. The summed E-state index contributed by atoms with van der Waals surface area (Å²) >= 11 is 0. The average Bonchev–Trinajstić information content (AvgIpc) is 3.29. The molecule has 9 heteroatoms. The van der Waals surface area contributed by atoms with E-state index in [1.54, 1.807) is 0 Å². The first-order valence-corrected chi connectivity index (χ1v) is 9.86. The number of rotatable bonds is 7. The zero-order chi connectivity index (χ0) is 20.8. The Balaban J connectivity index is 1.55. The van der Waals surface area contributed by atoms with Crippen LogP contribution in [0, 0.1) is 0 Å². The molecule has 1 aliphatic rings. The molecule has 29 heavy (non-hydrogen) atoms. The quantitative estimate of drug-likeness (QED) is 0.739. The maximum atomic E-state index is 14.0. The van der Waals surface area contributed by atoms with Crippen molar-refractivity contribution < 1.29 is 14.0 Å². The molecule has 2 atom stereocenters. The van der Waals surface area contributed by atoms with Crippen LogP contribution in [0.15, 0.2) is 36.5 Å². The zero-order valence-electron chi connectivity index (χ0n) is 16.7. The van der Waals surface area contributed by atoms with Crippen molar-refractivity contribution in [1.29, 1.82) is 0 Å². The number of aromatic nitrogens is 3. The molecular formula is C20H27FN6O2. The number of urea groups is 1. The van der Waals surface area contributed by atoms with Gasteiger partial charge in [0.2, 0.25) is 0 Å². The Kier molecular flexibility index (Phi) is 6.79. The van der Waals surface area contributed by atoms with Crippen molar-refractivity contribution in [3.8, 4) is 0 Å². The normalized spacial score (nSPS) is 18.8. The second kappa shape index (κ2) is 9.49. The molecule has 0 saturated carbocycles. The first-order chi connectivity index (χ1) is 13.9. The molecule has 1 aromatic heterocycles. The summed E-state index contributed by atoms with van der Waals surface area (Å²) < 4.78 is 15.5. The predicted molar refractivity (Wildman–Crippen MR) is 106 cm³/mol. The summed E-state index contributed by atoms with van der Waals surface area (Å²) in [6.07, 6.45) is 1.39. The Hall–Kier alpha value is -2.97. The third kappa shape index (κ3) is 5.75. The van der Waals surface area contributed by atoms with E-state index in [-0.39, 0.29) is 49.2 Å². The molecule has 1 saturated heterocycles. The molecule has 1 aliphatic heterocycles. The molecule has 1 aromatic carbocycles. The highest BCUT2D eigenvalue weighted by molar-refractivity contribution is 5.91. The number of nitrogens with one attached hydrogen (secondary N) is 2. The summed E-state index contributed by atoms with van der Waals surface area (Å²) in [6.45, 7) is 4.53. The van der Waals surface area contributed by atoms with Crippen molar-refractivity contribution in [2.45, 2.75) is 51.5 Å². The fourth-order valence-electron chi connectivity index (χ4n) is 3.39. The number of hydrogen-bond acceptors (Lipinski definition) is 4. The Morgan fingerprint density at radius 2 is 2.03 bits per heavy atom. The number of amides is 3. The smallest absolute Gasteiger partial charge is 0.317 e. The SMILES string of the molecule is CC(C)NC(=O)c1cn(C[C@@H]2C[C@H](F)CN2C(=O)NCCc2ccccc2)nn1. The monoisotopic (exact) mass is 402 g/mol. The largest absolute Gasteiger partial charge is 0.348 e. The molecule has 0 aliphatic carbocycles. The highest BCUT2D eigenvalue weighted by Crippen LogP contribution is 2.22. The Morgan fingerprint density at radius 1 is 1.28 bits per heavy atom. The number of carbonyl (C=O) groups is 2. The molecule has 3 amide bonds. The summed E-state index contributed by atoms with van der Waals surface area (Å²) in [5.41, 5.74) is 1.33. The predicted octanol–water partition coefficient (Wildman–Crippen LogP) is 1.78. The van der Waals surface area contributed by atoms with Crippen LogP contribution in [0.1, 0.15) is 36.3 Å². The Labute approximate surface area is 169 Å². The van der Waals surface area contributed by atoms with Crippen molar-refractivity contribution in [3.05, 3.63) is 47.8 Å². The molecule has 1 fully saturated rings. The van der Waals surface area contributed by atoms with E-state index in [4.69, 9.17) is 0 Å². The Bertz CT molecular complexity index is 825. The van der Waals surface area contributed by atoms with E-state index in [2.05, 4.69) is 20.9 Å². The molecule has 0 bridgehead atoms. The van der Waals surface area contributed by atoms with E-state index in [9.17, 15) is 14.0 Å². The van der Waals surface area contributed by atoms with Gasteiger partial charge in [0, 0.05) is 19.0 Å². The van der Waals surface area contributed by atoms with Crippen LogP contribution in [0.3, 0.4) is 0 Å². The lowest BCUT2D eigenvalue weighted by atomic mass is 10.1. The van der Waals surface area contributed by atoms with Gasteiger partial charge >= 0.3 is 6.03 Å². The highest BCUT2D eigenvalue weighted by atomic mass is 19.1. The molecule has 2 N–H and O–H groups in total. The second-order valence-corrected chi connectivity index (χ2v) is 7.56. The minimum absolute atomic E-state index is 0.00940. The van der Waals surface area contributed by atoms with Crippen molar-refractivity contribution >= 4 is 11.9 Å². The van der Waals surface area contributed by atoms with Crippen LogP contribution in [0.5, 0.6) is 0 Å². The first kappa shape index (κ1) is 20.8. The first-order valence-electron chi connectivity index (χ1n) is 9.86. The number of alkyl halides is 1. The average molecular weight is 402 g/mol. The molecule has 0 spiro atoms. The highest BCUT2D eigenvalue weighted by Gasteiger charge is 2.35. The maximum absolute atomic E-state index is 14.0. The lowest BCUT2D eigenvalue weighted by Gasteiger charge is -2.24. The minimum atomic E-state index is -1.08. The lowest BCUT2D eigenvalue weighted by Crippen LogP contribution is -2.45. The number of hydrogen-bond donors (Lipinski definition) is 2. The summed E-state index contributed by atoms with van der Waals surface area (Å²) in [7, 11) is 0. The fourth-order valence-corrected chi connectivity index (χ4v) is 3.39. The number of likely N-dealkylation sites (tertiary alicyclic amines) is 1. The van der Waals surface area contributed by atoms with Crippen LogP contribution >= 0.6 is 0 Å². The van der Waals surface area contributed by atoms with E-state index in [1.807, 2.05) is 44.2 Å². The second-order valence-electron chi connectivity index (χ2n) is 7.56. The van der Waals surface area contributed by atoms with Gasteiger partial charge in [-0.25, -0.2) is 13.9 Å². The topological polar surface area (TPSA) is 92.2 Å². The summed E-state index contributed by atoms with van der Waals surface area (Å²) in [6, 6.07) is 9.21. The van der Waals surface area contributed by atoms with Gasteiger partial charge < -0.3 is 15.5 Å². The van der Waals surface area contributed by atoms with E-state index >= 15 is 0 Å². The zero-order valence-corrected chi connectivity index (χ0v) is 16.7. The molecule has 3 rings (SSSR count). The van der Waals surface area contributed by atoms with E-state index in [0.29, 0.717) is 13.0 Å². The van der Waals surface area contributed by atoms with Crippen LogP contribution in [0.25, 0.3) is 0 Å². The van der Waals surface area contributed by atoms with Gasteiger partial charge in [-0.05, 0) is 25.8 Å². The van der Waals surface area contributed by atoms with Gasteiger partial charge in [0.1, 0.15) is 6.17 Å². The summed E-state index contributed by atoms with van der Waals surface area (Å²) in [5, 5.41) is 13.4. The third-order valence-corrected chi connectivity index (χ3v) is 4.75. The third-order valence-electron chi connectivity index (χ3n) is 4.75. The maximum Gasteiger partial charge on any atom is 0.317 e. The molecule has 2 aromatic rings. The van der Waals surface area contributed by atoms with E-state index in [0.717, 1.165) is 5.56 Å². The van der Waals surface area contributed by atoms with Crippen LogP contribution in [0.2, 0.25) is 0 Å². The standard InChI is InChI=1S/C20H27FN6O2/c1-14(2)23-19(28)18-13-26(25-24-18)12-17-10-16(21)11-27(17)20(29)22-9-8-15-6-4-3-5-7-15/h3-7,13-14,16-17H,8-12H2,1-2H3,(H,22,29)(H,23,28)/t16-,17-/m0/s1. The van der Waals surface area contributed by atoms with Crippen molar-refractivity contribution in [2.24, 2.45) is 0 Å². The molecular weight excluding hydrogens is 375 g/mol. The van der Waals surface area contributed by atoms with Gasteiger partial charge in [0.15, 0.2) is 5.69 Å². The van der Waals surface area contributed by atoms with Crippen molar-refractivity contribution in [3.63, 3.8) is 0 Å². The summed E-state index contributed by atoms with van der Waals surface area (Å²) in [5.74, 6) is -0.309. The molecule has 156 valence electrons. The van der Waals surface area contributed by atoms with Crippen LogP contribution < -0.4 is 10.6 Å². The van der Waals surface area contributed by atoms with Crippen molar-refractivity contribution in [1.82, 2.24) is 30.5 Å². The van der Waals surface area contributed by atoms with Gasteiger partial charge in [-0.2, -0.15) is 0 Å². The van der Waals surface area contributed by atoms with Gasteiger partial charge in [0.05, 0.1) is 25.3 Å². The number of nitrogens with zero attached hydrogens (tertiary/aromatic N) is 4. The number of carbonyl (C=O) groups excluding carboxylic acids is 2. The van der Waals surface area contributed by atoms with Gasteiger partial charge in [-0.3, -0.25) is 4.79 Å². The van der Waals surface area contributed by atoms with Gasteiger partial charge in [-0.15, -0.1) is 5.10 Å². The molecule has 2 heterocycles. The number of halogens is 1.